The largest absolute Gasteiger partial charge is 0.397 e. The Balaban J connectivity index is 2.46. The highest BCUT2D eigenvalue weighted by Crippen LogP contribution is 2.34. The SMILES string of the molecule is Cc1cccc(N)c1N(C)c1cccs1. The van der Waals surface area contributed by atoms with Gasteiger partial charge in [-0.3, -0.25) is 0 Å². The first-order chi connectivity index (χ1) is 7.20. The molecule has 15 heavy (non-hydrogen) atoms. The van der Waals surface area contributed by atoms with E-state index in [4.69, 9.17) is 5.73 Å². The molecule has 1 heterocycles. The molecule has 0 amide bonds. The number of hydrogen-bond acceptors (Lipinski definition) is 3. The zero-order chi connectivity index (χ0) is 10.8. The lowest BCUT2D eigenvalue weighted by atomic mass is 10.1. The lowest BCUT2D eigenvalue weighted by Gasteiger charge is -2.21. The van der Waals surface area contributed by atoms with Crippen molar-refractivity contribution in [2.24, 2.45) is 0 Å². The minimum atomic E-state index is 0.825. The van der Waals surface area contributed by atoms with Crippen LogP contribution in [-0.4, -0.2) is 7.05 Å². The van der Waals surface area contributed by atoms with Crippen LogP contribution in [0.25, 0.3) is 0 Å². The van der Waals surface area contributed by atoms with Crippen molar-refractivity contribution in [2.45, 2.75) is 6.92 Å². The lowest BCUT2D eigenvalue weighted by Crippen LogP contribution is -2.11. The summed E-state index contributed by atoms with van der Waals surface area (Å²) in [6.45, 7) is 2.08. The number of para-hydroxylation sites is 1. The molecule has 2 rings (SSSR count). The zero-order valence-electron chi connectivity index (χ0n) is 8.90. The number of thiophene rings is 1. The van der Waals surface area contributed by atoms with Crippen molar-refractivity contribution >= 4 is 27.7 Å². The number of nitrogens with zero attached hydrogens (tertiary/aromatic N) is 1. The van der Waals surface area contributed by atoms with Gasteiger partial charge in [-0.25, -0.2) is 0 Å². The molecular weight excluding hydrogens is 204 g/mol. The highest BCUT2D eigenvalue weighted by Gasteiger charge is 2.10. The van der Waals surface area contributed by atoms with Gasteiger partial charge >= 0.3 is 0 Å². The van der Waals surface area contributed by atoms with Crippen molar-refractivity contribution in [3.63, 3.8) is 0 Å². The number of anilines is 3. The highest BCUT2D eigenvalue weighted by atomic mass is 32.1. The van der Waals surface area contributed by atoms with Gasteiger partial charge in [0.25, 0.3) is 0 Å². The minimum absolute atomic E-state index is 0.825. The molecule has 1 aromatic carbocycles. The van der Waals surface area contributed by atoms with E-state index in [0.29, 0.717) is 0 Å². The Morgan fingerprint density at radius 3 is 2.60 bits per heavy atom. The Hall–Kier alpha value is -1.48. The Kier molecular flexibility index (Phi) is 2.64. The van der Waals surface area contributed by atoms with Crippen molar-refractivity contribution in [3.05, 3.63) is 41.3 Å². The standard InChI is InChI=1S/C12H14N2S/c1-9-5-3-6-10(13)12(9)14(2)11-7-4-8-15-11/h3-8H,13H2,1-2H3. The highest BCUT2D eigenvalue weighted by molar-refractivity contribution is 7.14. The number of benzene rings is 1. The molecular formula is C12H14N2S. The molecule has 2 aromatic rings. The summed E-state index contributed by atoms with van der Waals surface area (Å²) in [4.78, 5) is 2.13. The fraction of sp³-hybridized carbons (Fsp3) is 0.167. The van der Waals surface area contributed by atoms with Gasteiger partial charge in [0.1, 0.15) is 0 Å². The van der Waals surface area contributed by atoms with Crippen LogP contribution >= 0.6 is 11.3 Å². The second kappa shape index (κ2) is 3.95. The van der Waals surface area contributed by atoms with Crippen LogP contribution in [-0.2, 0) is 0 Å². The molecule has 0 bridgehead atoms. The summed E-state index contributed by atoms with van der Waals surface area (Å²) in [5, 5.41) is 3.27. The molecule has 0 atom stereocenters. The molecule has 1 aromatic heterocycles. The van der Waals surface area contributed by atoms with Gasteiger partial charge in [-0.2, -0.15) is 0 Å². The van der Waals surface area contributed by atoms with Crippen LogP contribution in [0.4, 0.5) is 16.4 Å². The van der Waals surface area contributed by atoms with E-state index in [0.717, 1.165) is 11.4 Å². The van der Waals surface area contributed by atoms with E-state index in [1.165, 1.54) is 10.6 Å². The molecule has 0 aliphatic carbocycles. The molecule has 2 N–H and O–H groups in total. The third-order valence-electron chi connectivity index (χ3n) is 2.44. The van der Waals surface area contributed by atoms with Crippen molar-refractivity contribution in [1.29, 1.82) is 0 Å². The Morgan fingerprint density at radius 1 is 1.20 bits per heavy atom. The van der Waals surface area contributed by atoms with Crippen molar-refractivity contribution in [1.82, 2.24) is 0 Å². The van der Waals surface area contributed by atoms with Crippen molar-refractivity contribution < 1.29 is 0 Å². The average Bonchev–Trinajstić information content (AvgIpc) is 2.69. The molecule has 0 fully saturated rings. The summed E-state index contributed by atoms with van der Waals surface area (Å²) < 4.78 is 0. The van der Waals surface area contributed by atoms with Crippen LogP contribution in [0.15, 0.2) is 35.7 Å². The number of nitrogen functional groups attached to an aromatic ring is 1. The molecule has 0 saturated carbocycles. The first-order valence-corrected chi connectivity index (χ1v) is 5.70. The first kappa shape index (κ1) is 10.1. The summed E-state index contributed by atoms with van der Waals surface area (Å²) in [5.41, 5.74) is 9.11. The van der Waals surface area contributed by atoms with E-state index in [1.54, 1.807) is 11.3 Å². The molecule has 0 unspecified atom stereocenters. The maximum atomic E-state index is 5.99. The predicted octanol–water partition coefficient (Wildman–Crippen LogP) is 3.41. The van der Waals surface area contributed by atoms with Crippen LogP contribution in [0.1, 0.15) is 5.56 Å². The molecule has 78 valence electrons. The number of nitrogens with two attached hydrogens (primary N) is 1. The van der Waals surface area contributed by atoms with Crippen molar-refractivity contribution in [2.75, 3.05) is 17.7 Å². The summed E-state index contributed by atoms with van der Waals surface area (Å²) in [7, 11) is 2.05. The maximum absolute atomic E-state index is 5.99. The quantitative estimate of drug-likeness (QED) is 0.783. The fourth-order valence-corrected chi connectivity index (χ4v) is 2.41. The van der Waals surface area contributed by atoms with Gasteiger partial charge < -0.3 is 10.6 Å². The smallest absolute Gasteiger partial charge is 0.0951 e. The fourth-order valence-electron chi connectivity index (χ4n) is 1.71. The van der Waals surface area contributed by atoms with E-state index in [-0.39, 0.29) is 0 Å². The Labute approximate surface area is 94.0 Å². The predicted molar refractivity (Wildman–Crippen MR) is 68.0 cm³/mol. The van der Waals surface area contributed by atoms with Crippen LogP contribution < -0.4 is 10.6 Å². The maximum Gasteiger partial charge on any atom is 0.0951 e. The molecule has 0 aliphatic heterocycles. The van der Waals surface area contributed by atoms with E-state index in [2.05, 4.69) is 29.3 Å². The number of hydrogen-bond donors (Lipinski definition) is 1. The summed E-state index contributed by atoms with van der Waals surface area (Å²) in [5.74, 6) is 0. The normalized spacial score (nSPS) is 10.3. The van der Waals surface area contributed by atoms with Gasteiger partial charge in [0.15, 0.2) is 0 Å². The summed E-state index contributed by atoms with van der Waals surface area (Å²) in [6, 6.07) is 10.1. The Morgan fingerprint density at radius 2 is 2.00 bits per heavy atom. The topological polar surface area (TPSA) is 29.3 Å². The molecule has 2 nitrogen and oxygen atoms in total. The van der Waals surface area contributed by atoms with Crippen LogP contribution in [0, 0.1) is 6.92 Å². The third-order valence-corrected chi connectivity index (χ3v) is 3.39. The van der Waals surface area contributed by atoms with Gasteiger partial charge in [0, 0.05) is 7.05 Å². The molecule has 0 aliphatic rings. The monoisotopic (exact) mass is 218 g/mol. The van der Waals surface area contributed by atoms with Gasteiger partial charge in [0.2, 0.25) is 0 Å². The summed E-state index contributed by atoms with van der Waals surface area (Å²) in [6.07, 6.45) is 0. The first-order valence-electron chi connectivity index (χ1n) is 4.82. The van der Waals surface area contributed by atoms with Gasteiger partial charge in [-0.15, -0.1) is 11.3 Å². The second-order valence-corrected chi connectivity index (χ2v) is 4.45. The number of rotatable bonds is 2. The van der Waals surface area contributed by atoms with Gasteiger partial charge in [0.05, 0.1) is 16.4 Å². The molecule has 3 heteroatoms. The average molecular weight is 218 g/mol. The van der Waals surface area contributed by atoms with E-state index >= 15 is 0 Å². The molecule has 0 saturated heterocycles. The minimum Gasteiger partial charge on any atom is -0.397 e. The second-order valence-electron chi connectivity index (χ2n) is 3.52. The summed E-state index contributed by atoms with van der Waals surface area (Å²) >= 11 is 1.71. The van der Waals surface area contributed by atoms with E-state index < -0.39 is 0 Å². The van der Waals surface area contributed by atoms with Gasteiger partial charge in [-0.05, 0) is 36.1 Å². The number of aryl methyl sites for hydroxylation is 1. The van der Waals surface area contributed by atoms with Crippen LogP contribution in [0.2, 0.25) is 0 Å². The third kappa shape index (κ3) is 1.83. The molecule has 0 spiro atoms. The van der Waals surface area contributed by atoms with E-state index in [9.17, 15) is 0 Å². The molecule has 0 radical (unpaired) electrons. The lowest BCUT2D eigenvalue weighted by molar-refractivity contribution is 1.21. The van der Waals surface area contributed by atoms with E-state index in [1.807, 2.05) is 25.2 Å². The zero-order valence-corrected chi connectivity index (χ0v) is 9.71. The van der Waals surface area contributed by atoms with Gasteiger partial charge in [-0.1, -0.05) is 12.1 Å². The van der Waals surface area contributed by atoms with Crippen molar-refractivity contribution in [3.8, 4) is 0 Å². The van der Waals surface area contributed by atoms with Crippen LogP contribution in [0.5, 0.6) is 0 Å². The van der Waals surface area contributed by atoms with Crippen LogP contribution in [0.3, 0.4) is 0 Å². The Bertz CT molecular complexity index is 428.